The average molecular weight is 589 g/mol. The smallest absolute Gasteiger partial charge is 0.294 e. The van der Waals surface area contributed by atoms with E-state index < -0.39 is 10.3 Å². The van der Waals surface area contributed by atoms with E-state index in [-0.39, 0.29) is 47.0 Å². The zero-order valence-electron chi connectivity index (χ0n) is 22.2. The predicted octanol–water partition coefficient (Wildman–Crippen LogP) is 4.01. The molecule has 0 unspecified atom stereocenters. The summed E-state index contributed by atoms with van der Waals surface area (Å²) in [4.78, 5) is 46.1. The Hall–Kier alpha value is -3.25. The number of nitrogens with zero attached hydrogens (tertiary/aromatic N) is 4. The van der Waals surface area contributed by atoms with E-state index in [1.807, 2.05) is 27.7 Å². The molecule has 3 atom stereocenters. The minimum atomic E-state index is -0.492. The molecule has 2 aliphatic heterocycles. The molecule has 38 heavy (non-hydrogen) atoms. The lowest BCUT2D eigenvalue weighted by molar-refractivity contribution is -0.384. The number of pyridine rings is 1. The Kier molecular flexibility index (Phi) is 7.93. The van der Waals surface area contributed by atoms with Crippen LogP contribution in [0.2, 0.25) is 0 Å². The van der Waals surface area contributed by atoms with Crippen LogP contribution in [-0.2, 0) is 4.74 Å². The van der Waals surface area contributed by atoms with E-state index in [0.717, 1.165) is 5.69 Å². The number of likely N-dealkylation sites (tertiary alicyclic amines) is 1. The summed E-state index contributed by atoms with van der Waals surface area (Å²) in [6.45, 7) is 9.30. The number of nitro groups is 1. The van der Waals surface area contributed by atoms with Crippen molar-refractivity contribution in [2.24, 2.45) is 5.41 Å². The summed E-state index contributed by atoms with van der Waals surface area (Å²) >= 11 is 3.34. The molecule has 3 heterocycles. The average Bonchev–Trinajstić information content (AvgIpc) is 3.16. The van der Waals surface area contributed by atoms with Gasteiger partial charge in [-0.3, -0.25) is 24.7 Å². The van der Waals surface area contributed by atoms with Crippen LogP contribution in [0.4, 0.5) is 17.1 Å². The number of rotatable bonds is 6. The van der Waals surface area contributed by atoms with Gasteiger partial charge in [-0.25, -0.2) is 0 Å². The van der Waals surface area contributed by atoms with Crippen molar-refractivity contribution < 1.29 is 19.2 Å². The normalized spacial score (nSPS) is 22.7. The molecule has 1 aromatic carbocycles. The molecule has 2 saturated heterocycles. The number of ether oxygens (including phenoxy) is 1. The molecule has 204 valence electrons. The second kappa shape index (κ2) is 10.9. The number of aromatic nitrogens is 1. The van der Waals surface area contributed by atoms with Crippen LogP contribution in [0, 0.1) is 15.5 Å². The van der Waals surface area contributed by atoms with Crippen molar-refractivity contribution in [1.82, 2.24) is 14.8 Å². The standard InChI is InChI=1S/C26H33BrN6O5/c1-15-11-31(12-16(2)38-15)25(35)20-7-18(27)8-21(33(36)37)23(20)30-22-13-32(14-26(22,3)4)24(34)17-6-19(28-5)10-29-9-17/h6-10,15-16,22,28,30H,11-14H2,1-5H3/t15-,16-,22-/m0/s1. The first-order valence-electron chi connectivity index (χ1n) is 12.5. The predicted molar refractivity (Wildman–Crippen MR) is 148 cm³/mol. The van der Waals surface area contributed by atoms with Crippen LogP contribution in [0.3, 0.4) is 0 Å². The zero-order valence-corrected chi connectivity index (χ0v) is 23.7. The summed E-state index contributed by atoms with van der Waals surface area (Å²) in [7, 11) is 1.76. The van der Waals surface area contributed by atoms with E-state index in [4.69, 9.17) is 4.74 Å². The molecule has 2 fully saturated rings. The molecule has 0 radical (unpaired) electrons. The van der Waals surface area contributed by atoms with Crippen LogP contribution in [-0.4, -0.2) is 83.0 Å². The maximum absolute atomic E-state index is 13.7. The van der Waals surface area contributed by atoms with Gasteiger partial charge in [-0.15, -0.1) is 0 Å². The van der Waals surface area contributed by atoms with E-state index in [9.17, 15) is 19.7 Å². The molecule has 2 N–H and O–H groups in total. The van der Waals surface area contributed by atoms with Crippen molar-refractivity contribution in [2.45, 2.75) is 45.9 Å². The zero-order chi connectivity index (χ0) is 27.8. The highest BCUT2D eigenvalue weighted by Gasteiger charge is 2.43. The number of hydrogen-bond acceptors (Lipinski definition) is 8. The van der Waals surface area contributed by atoms with E-state index in [1.54, 1.807) is 35.2 Å². The fourth-order valence-corrected chi connectivity index (χ4v) is 5.60. The second-order valence-corrected chi connectivity index (χ2v) is 11.6. The van der Waals surface area contributed by atoms with Crippen molar-refractivity contribution in [3.63, 3.8) is 0 Å². The van der Waals surface area contributed by atoms with Gasteiger partial charge in [-0.1, -0.05) is 29.8 Å². The number of halogens is 1. The molecule has 0 spiro atoms. The number of benzene rings is 1. The first-order chi connectivity index (χ1) is 17.9. The highest BCUT2D eigenvalue weighted by Crippen LogP contribution is 2.39. The Morgan fingerprint density at radius 2 is 1.79 bits per heavy atom. The molecule has 2 aromatic rings. The van der Waals surface area contributed by atoms with Crippen molar-refractivity contribution in [2.75, 3.05) is 43.9 Å². The van der Waals surface area contributed by atoms with E-state index >= 15 is 0 Å². The van der Waals surface area contributed by atoms with E-state index in [0.29, 0.717) is 36.2 Å². The highest BCUT2D eigenvalue weighted by molar-refractivity contribution is 9.10. The summed E-state index contributed by atoms with van der Waals surface area (Å²) in [5.74, 6) is -0.484. The topological polar surface area (TPSA) is 130 Å². The minimum Gasteiger partial charge on any atom is -0.387 e. The van der Waals surface area contributed by atoms with Crippen LogP contribution in [0.25, 0.3) is 0 Å². The number of carbonyl (C=O) groups is 2. The first-order valence-corrected chi connectivity index (χ1v) is 13.3. The molecular weight excluding hydrogens is 556 g/mol. The van der Waals surface area contributed by atoms with Gasteiger partial charge in [-0.2, -0.15) is 0 Å². The Morgan fingerprint density at radius 1 is 1.11 bits per heavy atom. The second-order valence-electron chi connectivity index (χ2n) is 10.7. The van der Waals surface area contributed by atoms with Crippen molar-refractivity contribution in [1.29, 1.82) is 0 Å². The van der Waals surface area contributed by atoms with E-state index in [1.165, 1.54) is 12.3 Å². The Morgan fingerprint density at radius 3 is 2.42 bits per heavy atom. The van der Waals surface area contributed by atoms with Crippen molar-refractivity contribution >= 4 is 44.8 Å². The van der Waals surface area contributed by atoms with Crippen LogP contribution >= 0.6 is 15.9 Å². The molecule has 1 aromatic heterocycles. The molecule has 0 bridgehead atoms. The van der Waals surface area contributed by atoms with Crippen molar-refractivity contribution in [3.8, 4) is 0 Å². The number of carbonyl (C=O) groups excluding carboxylic acids is 2. The molecule has 2 aliphatic rings. The molecule has 12 heteroatoms. The molecule has 2 amide bonds. The van der Waals surface area contributed by atoms with Crippen molar-refractivity contribution in [3.05, 3.63) is 56.3 Å². The lowest BCUT2D eigenvalue weighted by Gasteiger charge is -2.36. The summed E-state index contributed by atoms with van der Waals surface area (Å²) in [6.07, 6.45) is 2.87. The van der Waals surface area contributed by atoms with Crippen LogP contribution < -0.4 is 10.6 Å². The van der Waals surface area contributed by atoms with Crippen LogP contribution in [0.5, 0.6) is 0 Å². The van der Waals surface area contributed by atoms with Gasteiger partial charge in [0, 0.05) is 61.6 Å². The van der Waals surface area contributed by atoms with Gasteiger partial charge in [0.2, 0.25) is 0 Å². The van der Waals surface area contributed by atoms with Gasteiger partial charge in [0.25, 0.3) is 17.5 Å². The quantitative estimate of drug-likeness (QED) is 0.382. The summed E-state index contributed by atoms with van der Waals surface area (Å²) in [5, 5.41) is 18.4. The third kappa shape index (κ3) is 5.75. The third-order valence-electron chi connectivity index (χ3n) is 7.04. The maximum Gasteiger partial charge on any atom is 0.294 e. The molecule has 11 nitrogen and oxygen atoms in total. The van der Waals surface area contributed by atoms with Crippen LogP contribution in [0.15, 0.2) is 35.1 Å². The highest BCUT2D eigenvalue weighted by atomic mass is 79.9. The van der Waals surface area contributed by atoms with Gasteiger partial charge < -0.3 is 25.2 Å². The minimum absolute atomic E-state index is 0.148. The Bertz CT molecular complexity index is 1240. The Labute approximate surface area is 230 Å². The molecule has 4 rings (SSSR count). The van der Waals surface area contributed by atoms with Gasteiger partial charge in [-0.05, 0) is 26.0 Å². The van der Waals surface area contributed by atoms with Crippen LogP contribution in [0.1, 0.15) is 48.4 Å². The lowest BCUT2D eigenvalue weighted by Crippen LogP contribution is -2.48. The third-order valence-corrected chi connectivity index (χ3v) is 7.50. The number of hydrogen-bond donors (Lipinski definition) is 2. The largest absolute Gasteiger partial charge is 0.387 e. The number of amides is 2. The van der Waals surface area contributed by atoms with E-state index in [2.05, 4.69) is 31.5 Å². The molecule has 0 saturated carbocycles. The monoisotopic (exact) mass is 588 g/mol. The fraction of sp³-hybridized carbons (Fsp3) is 0.500. The Balaban J connectivity index is 1.66. The molecule has 0 aliphatic carbocycles. The van der Waals surface area contributed by atoms with Gasteiger partial charge >= 0.3 is 0 Å². The number of nitrogens with one attached hydrogen (secondary N) is 2. The fourth-order valence-electron chi connectivity index (χ4n) is 5.15. The number of morpholine rings is 1. The molecular formula is C26H33BrN6O5. The van der Waals surface area contributed by atoms with Gasteiger partial charge in [0.15, 0.2) is 0 Å². The number of nitro benzene ring substituents is 1. The van der Waals surface area contributed by atoms with Gasteiger partial charge in [0.1, 0.15) is 5.69 Å². The lowest BCUT2D eigenvalue weighted by atomic mass is 9.87. The number of anilines is 2. The SMILES string of the molecule is CNc1cncc(C(=O)N2C[C@H](Nc3c(C(=O)N4C[C@H](C)O[C@@H](C)C4)cc(Br)cc3[N+](=O)[O-])C(C)(C)C2)c1. The summed E-state index contributed by atoms with van der Waals surface area (Å²) in [6, 6.07) is 4.40. The summed E-state index contributed by atoms with van der Waals surface area (Å²) in [5.41, 5.74) is 0.898. The first kappa shape index (κ1) is 27.8. The maximum atomic E-state index is 13.7. The summed E-state index contributed by atoms with van der Waals surface area (Å²) < 4.78 is 6.20. The van der Waals surface area contributed by atoms with Gasteiger partial charge in [0.05, 0.1) is 40.0 Å².